The van der Waals surface area contributed by atoms with E-state index in [4.69, 9.17) is 0 Å². The lowest BCUT2D eigenvalue weighted by Gasteiger charge is -2.40. The normalized spacial score (nSPS) is 27.4. The number of hydrogen-bond donors (Lipinski definition) is 1. The van der Waals surface area contributed by atoms with Crippen molar-refractivity contribution >= 4 is 5.91 Å². The molecule has 142 valence electrons. The molecule has 1 heterocycles. The Hall–Kier alpha value is -2.13. The zero-order chi connectivity index (χ0) is 19.0. The number of aliphatic hydroxyl groups is 1. The van der Waals surface area contributed by atoms with Gasteiger partial charge in [-0.05, 0) is 55.4 Å². The van der Waals surface area contributed by atoms with Crippen molar-refractivity contribution < 1.29 is 9.90 Å². The van der Waals surface area contributed by atoms with E-state index in [9.17, 15) is 9.90 Å². The molecule has 2 aliphatic rings. The fraction of sp³-hybridized carbons (Fsp3) is 0.458. The highest BCUT2D eigenvalue weighted by Gasteiger charge is 2.48. The first-order valence-corrected chi connectivity index (χ1v) is 10.2. The quantitative estimate of drug-likeness (QED) is 0.860. The van der Waals surface area contributed by atoms with E-state index in [2.05, 4.69) is 38.1 Å². The molecule has 4 rings (SSSR count). The van der Waals surface area contributed by atoms with Crippen molar-refractivity contribution in [1.82, 2.24) is 4.90 Å². The van der Waals surface area contributed by atoms with Gasteiger partial charge in [0.25, 0.3) is 5.91 Å². The van der Waals surface area contributed by atoms with Crippen LogP contribution in [-0.4, -0.2) is 34.6 Å². The average Bonchev–Trinajstić information content (AvgIpc) is 3.14. The van der Waals surface area contributed by atoms with Gasteiger partial charge in [-0.25, -0.2) is 0 Å². The second kappa shape index (κ2) is 7.12. The van der Waals surface area contributed by atoms with Crippen LogP contribution in [0.25, 0.3) is 11.1 Å². The molecule has 3 atom stereocenters. The van der Waals surface area contributed by atoms with Gasteiger partial charge in [-0.2, -0.15) is 0 Å². The highest BCUT2D eigenvalue weighted by atomic mass is 16.3. The molecule has 2 aromatic carbocycles. The van der Waals surface area contributed by atoms with Gasteiger partial charge >= 0.3 is 0 Å². The van der Waals surface area contributed by atoms with Crippen molar-refractivity contribution in [2.24, 2.45) is 11.8 Å². The molecule has 1 amide bonds. The molecule has 2 aromatic rings. The fourth-order valence-corrected chi connectivity index (χ4v) is 4.97. The van der Waals surface area contributed by atoms with E-state index >= 15 is 0 Å². The zero-order valence-corrected chi connectivity index (χ0v) is 16.3. The summed E-state index contributed by atoms with van der Waals surface area (Å²) in [6, 6.07) is 16.4. The number of hydrogen-bond acceptors (Lipinski definition) is 2. The molecular weight excluding hydrogens is 334 g/mol. The first kappa shape index (κ1) is 18.2. The summed E-state index contributed by atoms with van der Waals surface area (Å²) in [5, 5.41) is 11.0. The Morgan fingerprint density at radius 1 is 1.07 bits per heavy atom. The number of amides is 1. The van der Waals surface area contributed by atoms with Gasteiger partial charge in [0, 0.05) is 24.6 Å². The summed E-state index contributed by atoms with van der Waals surface area (Å²) in [6.07, 6.45) is 3.85. The molecule has 27 heavy (non-hydrogen) atoms. The summed E-state index contributed by atoms with van der Waals surface area (Å²) in [6.45, 7) is 5.62. The summed E-state index contributed by atoms with van der Waals surface area (Å²) in [4.78, 5) is 15.0. The summed E-state index contributed by atoms with van der Waals surface area (Å²) in [7, 11) is 0. The van der Waals surface area contributed by atoms with Gasteiger partial charge < -0.3 is 10.0 Å². The number of benzene rings is 2. The minimum Gasteiger partial charge on any atom is -0.390 e. The van der Waals surface area contributed by atoms with Crippen molar-refractivity contribution in [3.8, 4) is 11.1 Å². The van der Waals surface area contributed by atoms with E-state index in [1.54, 1.807) is 0 Å². The zero-order valence-electron chi connectivity index (χ0n) is 16.3. The molecule has 3 nitrogen and oxygen atoms in total. The van der Waals surface area contributed by atoms with Crippen LogP contribution in [0.4, 0.5) is 0 Å². The van der Waals surface area contributed by atoms with E-state index in [-0.39, 0.29) is 11.8 Å². The Morgan fingerprint density at radius 2 is 1.70 bits per heavy atom. The topological polar surface area (TPSA) is 40.5 Å². The van der Waals surface area contributed by atoms with Crippen molar-refractivity contribution in [3.63, 3.8) is 0 Å². The summed E-state index contributed by atoms with van der Waals surface area (Å²) in [5.74, 6) is 0.768. The van der Waals surface area contributed by atoms with Gasteiger partial charge in [0.1, 0.15) is 0 Å². The summed E-state index contributed by atoms with van der Waals surface area (Å²) >= 11 is 0. The molecule has 0 bridgehead atoms. The number of fused-ring (bicyclic) bond motifs is 1. The van der Waals surface area contributed by atoms with Crippen LogP contribution in [0.5, 0.6) is 0 Å². The smallest absolute Gasteiger partial charge is 0.253 e. The van der Waals surface area contributed by atoms with Gasteiger partial charge in [0.05, 0.1) is 5.60 Å². The maximum absolute atomic E-state index is 13.0. The second-order valence-electron chi connectivity index (χ2n) is 8.37. The predicted octanol–water partition coefficient (Wildman–Crippen LogP) is 4.68. The maximum Gasteiger partial charge on any atom is 0.253 e. The van der Waals surface area contributed by atoms with Gasteiger partial charge in [-0.15, -0.1) is 0 Å². The Balaban J connectivity index is 1.49. The molecular formula is C24H29NO2. The van der Waals surface area contributed by atoms with Crippen molar-refractivity contribution in [1.29, 1.82) is 0 Å². The third-order valence-corrected chi connectivity index (χ3v) is 6.73. The van der Waals surface area contributed by atoms with Crippen LogP contribution in [0.3, 0.4) is 0 Å². The first-order chi connectivity index (χ1) is 13.0. The number of likely N-dealkylation sites (tertiary alicyclic amines) is 1. The molecule has 1 aliphatic heterocycles. The Kier molecular flexibility index (Phi) is 4.81. The fourth-order valence-electron chi connectivity index (χ4n) is 4.97. The van der Waals surface area contributed by atoms with Crippen LogP contribution >= 0.6 is 0 Å². The number of aryl methyl sites for hydroxylation is 1. The third kappa shape index (κ3) is 3.41. The average molecular weight is 364 g/mol. The Morgan fingerprint density at radius 3 is 2.33 bits per heavy atom. The van der Waals surface area contributed by atoms with Gasteiger partial charge in [0.15, 0.2) is 0 Å². The predicted molar refractivity (Wildman–Crippen MR) is 109 cm³/mol. The van der Waals surface area contributed by atoms with Crippen molar-refractivity contribution in [3.05, 3.63) is 59.7 Å². The lowest BCUT2D eigenvalue weighted by atomic mass is 9.69. The van der Waals surface area contributed by atoms with Crippen LogP contribution in [0.1, 0.15) is 48.5 Å². The highest BCUT2D eigenvalue weighted by molar-refractivity contribution is 5.95. The maximum atomic E-state index is 13.0. The van der Waals surface area contributed by atoms with Crippen LogP contribution in [0.2, 0.25) is 0 Å². The SMILES string of the molecule is CC[C@@]1(O)CCC[C@@H]2CN(C(=O)c3ccc(-c4ccc(C)cc4)cc3)C[C@@H]21. The van der Waals surface area contributed by atoms with Crippen molar-refractivity contribution in [2.75, 3.05) is 13.1 Å². The monoisotopic (exact) mass is 363 g/mol. The molecule has 1 saturated carbocycles. The van der Waals surface area contributed by atoms with Crippen LogP contribution in [0.15, 0.2) is 48.5 Å². The summed E-state index contributed by atoms with van der Waals surface area (Å²) < 4.78 is 0. The molecule has 0 spiro atoms. The van der Waals surface area contributed by atoms with E-state index in [1.807, 2.05) is 29.2 Å². The molecule has 1 saturated heterocycles. The first-order valence-electron chi connectivity index (χ1n) is 10.2. The minimum absolute atomic E-state index is 0.0957. The standard InChI is InChI=1S/C24H29NO2/c1-3-24(27)14-4-5-21-15-25(16-22(21)24)23(26)20-12-10-19(11-13-20)18-8-6-17(2)7-9-18/h6-13,21-22,27H,3-5,14-16H2,1-2H3/t21-,22+,24-/m1/s1. The van der Waals surface area contributed by atoms with E-state index in [0.29, 0.717) is 12.5 Å². The van der Waals surface area contributed by atoms with Crippen LogP contribution < -0.4 is 0 Å². The number of carbonyl (C=O) groups is 1. The Bertz CT molecular complexity index is 811. The number of carbonyl (C=O) groups excluding carboxylic acids is 1. The molecule has 1 N–H and O–H groups in total. The number of rotatable bonds is 3. The van der Waals surface area contributed by atoms with Gasteiger partial charge in [0.2, 0.25) is 0 Å². The van der Waals surface area contributed by atoms with E-state index < -0.39 is 5.60 Å². The molecule has 3 heteroatoms. The Labute approximate surface area is 162 Å². The van der Waals surface area contributed by atoms with Crippen molar-refractivity contribution in [2.45, 2.75) is 45.1 Å². The molecule has 0 radical (unpaired) electrons. The third-order valence-electron chi connectivity index (χ3n) is 6.73. The van der Waals surface area contributed by atoms with Gasteiger partial charge in [-0.1, -0.05) is 55.3 Å². The molecule has 0 aromatic heterocycles. The second-order valence-corrected chi connectivity index (χ2v) is 8.37. The largest absolute Gasteiger partial charge is 0.390 e. The highest BCUT2D eigenvalue weighted by Crippen LogP contribution is 2.44. The number of nitrogens with zero attached hydrogens (tertiary/aromatic N) is 1. The minimum atomic E-state index is -0.590. The molecule has 2 fully saturated rings. The lowest BCUT2D eigenvalue weighted by molar-refractivity contribution is -0.0609. The van der Waals surface area contributed by atoms with Crippen LogP contribution in [-0.2, 0) is 0 Å². The van der Waals surface area contributed by atoms with E-state index in [0.717, 1.165) is 43.4 Å². The van der Waals surface area contributed by atoms with E-state index in [1.165, 1.54) is 11.1 Å². The van der Waals surface area contributed by atoms with Gasteiger partial charge in [-0.3, -0.25) is 4.79 Å². The lowest BCUT2D eigenvalue weighted by Crippen LogP contribution is -2.44. The molecule has 0 unspecified atom stereocenters. The van der Waals surface area contributed by atoms with Crippen LogP contribution in [0, 0.1) is 18.8 Å². The summed E-state index contributed by atoms with van der Waals surface area (Å²) in [5.41, 5.74) is 3.69. The molecule has 1 aliphatic carbocycles.